The van der Waals surface area contributed by atoms with Crippen molar-refractivity contribution < 1.29 is 24.2 Å². The summed E-state index contributed by atoms with van der Waals surface area (Å²) in [6.45, 7) is 3.91. The third-order valence-electron chi connectivity index (χ3n) is 5.70. The number of anilines is 1. The SMILES string of the molecule is COc1c(C)c2c(c(O)c1C/C=C(\C)CCC(=O)Nc1nc3ccccc3[nH]1)C(=O)OC2. The van der Waals surface area contributed by atoms with E-state index >= 15 is 0 Å². The van der Waals surface area contributed by atoms with Gasteiger partial charge in [0.25, 0.3) is 0 Å². The van der Waals surface area contributed by atoms with Crippen molar-refractivity contribution in [3.8, 4) is 11.5 Å². The van der Waals surface area contributed by atoms with Crippen molar-refractivity contribution in [3.05, 3.63) is 58.2 Å². The molecule has 1 aliphatic heterocycles. The molecule has 166 valence electrons. The number of benzene rings is 2. The summed E-state index contributed by atoms with van der Waals surface area (Å²) >= 11 is 0. The molecule has 1 aromatic heterocycles. The summed E-state index contributed by atoms with van der Waals surface area (Å²) in [4.78, 5) is 31.8. The van der Waals surface area contributed by atoms with Crippen molar-refractivity contribution >= 4 is 28.9 Å². The molecule has 0 bridgehead atoms. The lowest BCUT2D eigenvalue weighted by Gasteiger charge is -2.15. The van der Waals surface area contributed by atoms with E-state index in [1.54, 1.807) is 0 Å². The van der Waals surface area contributed by atoms with Gasteiger partial charge in [0, 0.05) is 17.5 Å². The first kappa shape index (κ1) is 21.4. The molecule has 2 aromatic carbocycles. The Labute approximate surface area is 185 Å². The number of rotatable bonds is 7. The van der Waals surface area contributed by atoms with Crippen LogP contribution in [0.2, 0.25) is 0 Å². The van der Waals surface area contributed by atoms with Crippen molar-refractivity contribution in [2.75, 3.05) is 12.4 Å². The number of para-hydroxylation sites is 2. The van der Waals surface area contributed by atoms with Gasteiger partial charge in [0.15, 0.2) is 0 Å². The van der Waals surface area contributed by atoms with Gasteiger partial charge in [-0.15, -0.1) is 0 Å². The normalized spacial score (nSPS) is 13.2. The zero-order valence-corrected chi connectivity index (χ0v) is 18.2. The van der Waals surface area contributed by atoms with Crippen LogP contribution < -0.4 is 10.1 Å². The number of ether oxygens (including phenoxy) is 2. The average molecular weight is 435 g/mol. The number of carbonyl (C=O) groups excluding carboxylic acids is 2. The van der Waals surface area contributed by atoms with Crippen molar-refractivity contribution in [1.29, 1.82) is 0 Å². The molecular weight excluding hydrogens is 410 g/mol. The van der Waals surface area contributed by atoms with Gasteiger partial charge in [-0.3, -0.25) is 10.1 Å². The van der Waals surface area contributed by atoms with Crippen molar-refractivity contribution in [1.82, 2.24) is 9.97 Å². The van der Waals surface area contributed by atoms with E-state index in [4.69, 9.17) is 9.47 Å². The van der Waals surface area contributed by atoms with Crippen LogP contribution in [0.4, 0.5) is 5.95 Å². The Hall–Kier alpha value is -3.81. The summed E-state index contributed by atoms with van der Waals surface area (Å²) in [5.74, 6) is 0.205. The standard InChI is InChI=1S/C24H25N3O5/c1-13(9-11-19(28)27-24-25-17-6-4-5-7-18(17)26-24)8-10-15-21(29)20-16(12-32-23(20)30)14(2)22(15)31-3/h4-8,29H,9-12H2,1-3H3,(H2,25,26,27,28)/b13-8+. The van der Waals surface area contributed by atoms with E-state index in [1.165, 1.54) is 7.11 Å². The Kier molecular flexibility index (Phi) is 5.85. The minimum absolute atomic E-state index is 0.100. The highest BCUT2D eigenvalue weighted by atomic mass is 16.5. The molecule has 8 heteroatoms. The lowest BCUT2D eigenvalue weighted by molar-refractivity contribution is -0.116. The van der Waals surface area contributed by atoms with Crippen LogP contribution in [0.1, 0.15) is 46.8 Å². The number of amides is 1. The van der Waals surface area contributed by atoms with Crippen LogP contribution in [0.5, 0.6) is 11.5 Å². The highest BCUT2D eigenvalue weighted by molar-refractivity contribution is 5.98. The number of allylic oxidation sites excluding steroid dienone is 2. The summed E-state index contributed by atoms with van der Waals surface area (Å²) in [6.07, 6.45) is 3.13. The molecule has 4 rings (SSSR count). The Morgan fingerprint density at radius 3 is 2.88 bits per heavy atom. The van der Waals surface area contributed by atoms with Crippen LogP contribution in [0.3, 0.4) is 0 Å². The molecule has 3 N–H and O–H groups in total. The Morgan fingerprint density at radius 1 is 1.34 bits per heavy atom. The number of aromatic nitrogens is 2. The molecule has 1 aliphatic rings. The zero-order valence-electron chi connectivity index (χ0n) is 18.2. The highest BCUT2D eigenvalue weighted by Crippen LogP contribution is 2.42. The predicted molar refractivity (Wildman–Crippen MR) is 120 cm³/mol. The Bertz CT molecular complexity index is 1210. The Balaban J connectivity index is 1.42. The number of phenols is 1. The topological polar surface area (TPSA) is 114 Å². The van der Waals surface area contributed by atoms with E-state index in [0.29, 0.717) is 35.7 Å². The molecule has 0 saturated carbocycles. The fraction of sp³-hybridized carbons (Fsp3) is 0.292. The fourth-order valence-electron chi connectivity index (χ4n) is 3.92. The number of phenolic OH excluding ortho intramolecular Hbond substituents is 1. The van der Waals surface area contributed by atoms with Gasteiger partial charge >= 0.3 is 5.97 Å². The number of esters is 1. The maximum atomic E-state index is 12.3. The van der Waals surface area contributed by atoms with Crippen molar-refractivity contribution in [2.24, 2.45) is 0 Å². The predicted octanol–water partition coefficient (Wildman–Crippen LogP) is 4.16. The molecule has 2 heterocycles. The molecule has 0 saturated heterocycles. The maximum Gasteiger partial charge on any atom is 0.342 e. The number of methoxy groups -OCH3 is 1. The van der Waals surface area contributed by atoms with Gasteiger partial charge in [0.1, 0.15) is 23.7 Å². The van der Waals surface area contributed by atoms with E-state index in [2.05, 4.69) is 15.3 Å². The summed E-state index contributed by atoms with van der Waals surface area (Å²) in [7, 11) is 1.54. The average Bonchev–Trinajstić information content (AvgIpc) is 3.36. The van der Waals surface area contributed by atoms with E-state index in [0.717, 1.165) is 22.2 Å². The van der Waals surface area contributed by atoms with Crippen LogP contribution in [-0.2, 0) is 22.6 Å². The maximum absolute atomic E-state index is 12.3. The number of hydrogen-bond donors (Lipinski definition) is 3. The molecule has 0 unspecified atom stereocenters. The first-order valence-corrected chi connectivity index (χ1v) is 10.4. The first-order valence-electron chi connectivity index (χ1n) is 10.4. The second kappa shape index (κ2) is 8.74. The van der Waals surface area contributed by atoms with E-state index in [1.807, 2.05) is 44.2 Å². The van der Waals surface area contributed by atoms with Crippen LogP contribution in [0.15, 0.2) is 35.9 Å². The van der Waals surface area contributed by atoms with E-state index in [-0.39, 0.29) is 30.2 Å². The first-order chi connectivity index (χ1) is 15.4. The lowest BCUT2D eigenvalue weighted by atomic mass is 9.94. The smallest absolute Gasteiger partial charge is 0.342 e. The van der Waals surface area contributed by atoms with Crippen LogP contribution >= 0.6 is 0 Å². The summed E-state index contributed by atoms with van der Waals surface area (Å²) < 4.78 is 10.6. The van der Waals surface area contributed by atoms with Crippen LogP contribution in [0, 0.1) is 6.92 Å². The second-order valence-corrected chi connectivity index (χ2v) is 7.82. The third-order valence-corrected chi connectivity index (χ3v) is 5.70. The van der Waals surface area contributed by atoms with Crippen LogP contribution in [-0.4, -0.2) is 34.1 Å². The van der Waals surface area contributed by atoms with Gasteiger partial charge in [-0.2, -0.15) is 0 Å². The molecule has 0 spiro atoms. The molecular formula is C24H25N3O5. The zero-order chi connectivity index (χ0) is 22.8. The van der Waals surface area contributed by atoms with E-state index < -0.39 is 5.97 Å². The molecule has 8 nitrogen and oxygen atoms in total. The highest BCUT2D eigenvalue weighted by Gasteiger charge is 2.31. The molecule has 0 fully saturated rings. The van der Waals surface area contributed by atoms with Gasteiger partial charge in [-0.1, -0.05) is 23.8 Å². The second-order valence-electron chi connectivity index (χ2n) is 7.82. The number of imidazole rings is 1. The number of aromatic amines is 1. The van der Waals surface area contributed by atoms with Gasteiger partial charge in [0.2, 0.25) is 11.9 Å². The fourth-order valence-corrected chi connectivity index (χ4v) is 3.92. The number of cyclic esters (lactones) is 1. The molecule has 0 atom stereocenters. The Morgan fingerprint density at radius 2 is 2.12 bits per heavy atom. The molecule has 0 radical (unpaired) electrons. The van der Waals surface area contributed by atoms with Crippen molar-refractivity contribution in [2.45, 2.75) is 39.7 Å². The minimum Gasteiger partial charge on any atom is -0.507 e. The summed E-state index contributed by atoms with van der Waals surface area (Å²) in [6, 6.07) is 7.56. The number of carbonyl (C=O) groups is 2. The number of H-pyrrole nitrogens is 1. The lowest BCUT2D eigenvalue weighted by Crippen LogP contribution is -2.12. The number of fused-ring (bicyclic) bond motifs is 2. The third kappa shape index (κ3) is 4.03. The molecule has 1 amide bonds. The number of hydrogen-bond acceptors (Lipinski definition) is 6. The van der Waals surface area contributed by atoms with Crippen molar-refractivity contribution in [3.63, 3.8) is 0 Å². The number of nitrogens with one attached hydrogen (secondary N) is 2. The van der Waals surface area contributed by atoms with Crippen LogP contribution in [0.25, 0.3) is 11.0 Å². The molecule has 0 aliphatic carbocycles. The molecule has 3 aromatic rings. The number of nitrogens with zero attached hydrogens (tertiary/aromatic N) is 1. The van der Waals surface area contributed by atoms with Gasteiger partial charge in [-0.05, 0) is 44.4 Å². The number of aromatic hydroxyl groups is 1. The minimum atomic E-state index is -0.521. The van der Waals surface area contributed by atoms with Gasteiger partial charge < -0.3 is 19.6 Å². The monoisotopic (exact) mass is 435 g/mol. The van der Waals surface area contributed by atoms with E-state index in [9.17, 15) is 14.7 Å². The summed E-state index contributed by atoms with van der Waals surface area (Å²) in [5, 5.41) is 13.5. The van der Waals surface area contributed by atoms with Gasteiger partial charge in [-0.25, -0.2) is 9.78 Å². The van der Waals surface area contributed by atoms with Gasteiger partial charge in [0.05, 0.1) is 18.1 Å². The largest absolute Gasteiger partial charge is 0.507 e. The quantitative estimate of drug-likeness (QED) is 0.379. The molecule has 32 heavy (non-hydrogen) atoms. The summed E-state index contributed by atoms with van der Waals surface area (Å²) in [5.41, 5.74) is 4.84.